The highest BCUT2D eigenvalue weighted by molar-refractivity contribution is 5.83. The van der Waals surface area contributed by atoms with Crippen molar-refractivity contribution in [1.29, 1.82) is 0 Å². The second-order valence-electron chi connectivity index (χ2n) is 3.94. The molecular weight excluding hydrogens is 148 g/mol. The lowest BCUT2D eigenvalue weighted by Gasteiger charge is -2.13. The van der Waals surface area contributed by atoms with Crippen molar-refractivity contribution in [1.82, 2.24) is 5.32 Å². The zero-order valence-corrected chi connectivity index (χ0v) is 7.84. The molecule has 0 radical (unpaired) electrons. The molecule has 1 aliphatic carbocycles. The first-order valence-electron chi connectivity index (χ1n) is 5.20. The Labute approximate surface area is 74.5 Å². The molecule has 1 N–H and O–H groups in total. The highest BCUT2D eigenvalue weighted by atomic mass is 15.1. The lowest BCUT2D eigenvalue weighted by molar-refractivity contribution is 0.676. The van der Waals surface area contributed by atoms with Gasteiger partial charge >= 0.3 is 0 Å². The van der Waals surface area contributed by atoms with Crippen molar-refractivity contribution < 1.29 is 0 Å². The van der Waals surface area contributed by atoms with Crippen LogP contribution in [0.4, 0.5) is 0 Å². The number of amidine groups is 1. The summed E-state index contributed by atoms with van der Waals surface area (Å²) in [5.41, 5.74) is 0. The van der Waals surface area contributed by atoms with E-state index >= 15 is 0 Å². The molecule has 2 unspecified atom stereocenters. The molecule has 2 rings (SSSR count). The van der Waals surface area contributed by atoms with Crippen LogP contribution in [-0.2, 0) is 0 Å². The van der Waals surface area contributed by atoms with E-state index in [1.807, 2.05) is 0 Å². The second-order valence-corrected chi connectivity index (χ2v) is 3.94. The molecule has 12 heavy (non-hydrogen) atoms. The van der Waals surface area contributed by atoms with Crippen LogP contribution in [0.3, 0.4) is 0 Å². The predicted octanol–water partition coefficient (Wildman–Crippen LogP) is 1.96. The number of hydrogen-bond donors (Lipinski definition) is 1. The lowest BCUT2D eigenvalue weighted by Crippen LogP contribution is -2.28. The summed E-state index contributed by atoms with van der Waals surface area (Å²) in [4.78, 5) is 4.48. The topological polar surface area (TPSA) is 24.4 Å². The molecule has 1 aliphatic heterocycles. The maximum Gasteiger partial charge on any atom is 0.0965 e. The molecule has 2 nitrogen and oxygen atoms in total. The normalized spacial score (nSPS) is 34.2. The monoisotopic (exact) mass is 166 g/mol. The van der Waals surface area contributed by atoms with Gasteiger partial charge in [0, 0.05) is 19.0 Å². The summed E-state index contributed by atoms with van der Waals surface area (Å²) in [7, 11) is 0. The summed E-state index contributed by atoms with van der Waals surface area (Å²) < 4.78 is 0. The number of nitrogens with one attached hydrogen (secondary N) is 1. The van der Waals surface area contributed by atoms with E-state index in [0.29, 0.717) is 0 Å². The molecule has 0 saturated heterocycles. The van der Waals surface area contributed by atoms with Crippen LogP contribution in [0.2, 0.25) is 0 Å². The van der Waals surface area contributed by atoms with Gasteiger partial charge in [0.25, 0.3) is 0 Å². The Morgan fingerprint density at radius 3 is 3.00 bits per heavy atom. The number of hydrogen-bond acceptors (Lipinski definition) is 2. The quantitative estimate of drug-likeness (QED) is 0.666. The van der Waals surface area contributed by atoms with Crippen LogP contribution >= 0.6 is 0 Å². The van der Waals surface area contributed by atoms with Crippen LogP contribution in [0.1, 0.15) is 39.0 Å². The van der Waals surface area contributed by atoms with Crippen LogP contribution in [0.25, 0.3) is 0 Å². The predicted molar refractivity (Wildman–Crippen MR) is 51.5 cm³/mol. The molecule has 1 heterocycles. The van der Waals surface area contributed by atoms with Crippen molar-refractivity contribution in [2.75, 3.05) is 6.54 Å². The van der Waals surface area contributed by atoms with Crippen molar-refractivity contribution in [2.45, 2.75) is 45.1 Å². The smallest absolute Gasteiger partial charge is 0.0965 e. The maximum absolute atomic E-state index is 4.48. The van der Waals surface area contributed by atoms with E-state index in [1.54, 1.807) is 0 Å². The van der Waals surface area contributed by atoms with Gasteiger partial charge in [0.2, 0.25) is 0 Å². The summed E-state index contributed by atoms with van der Waals surface area (Å²) >= 11 is 0. The van der Waals surface area contributed by atoms with E-state index in [-0.39, 0.29) is 0 Å². The third-order valence-electron chi connectivity index (χ3n) is 2.92. The van der Waals surface area contributed by atoms with Crippen molar-refractivity contribution in [3.8, 4) is 0 Å². The van der Waals surface area contributed by atoms with E-state index in [4.69, 9.17) is 0 Å². The fourth-order valence-corrected chi connectivity index (χ4v) is 1.90. The van der Waals surface area contributed by atoms with E-state index in [0.717, 1.165) is 18.5 Å². The van der Waals surface area contributed by atoms with E-state index in [2.05, 4.69) is 17.2 Å². The number of aliphatic imine (C=N–C) groups is 1. The molecule has 0 bridgehead atoms. The second kappa shape index (κ2) is 3.46. The zero-order chi connectivity index (χ0) is 8.39. The summed E-state index contributed by atoms with van der Waals surface area (Å²) in [5, 5.41) is 3.54. The lowest BCUT2D eigenvalue weighted by atomic mass is 10.2. The van der Waals surface area contributed by atoms with Gasteiger partial charge in [0.05, 0.1) is 5.84 Å². The summed E-state index contributed by atoms with van der Waals surface area (Å²) in [6.45, 7) is 3.32. The molecule has 1 fully saturated rings. The molecule has 2 heteroatoms. The third-order valence-corrected chi connectivity index (χ3v) is 2.92. The Morgan fingerprint density at radius 2 is 2.42 bits per heavy atom. The first kappa shape index (κ1) is 8.09. The van der Waals surface area contributed by atoms with Crippen LogP contribution in [0.15, 0.2) is 4.99 Å². The Hall–Kier alpha value is -0.530. The van der Waals surface area contributed by atoms with Gasteiger partial charge in [-0.3, -0.25) is 4.99 Å². The van der Waals surface area contributed by atoms with Crippen molar-refractivity contribution >= 4 is 5.84 Å². The molecule has 0 aromatic carbocycles. The van der Waals surface area contributed by atoms with Crippen LogP contribution in [-0.4, -0.2) is 18.4 Å². The summed E-state index contributed by atoms with van der Waals surface area (Å²) in [6.07, 6.45) is 6.50. The minimum atomic E-state index is 0.770. The summed E-state index contributed by atoms with van der Waals surface area (Å²) in [5.74, 6) is 2.22. The van der Waals surface area contributed by atoms with Crippen molar-refractivity contribution in [3.05, 3.63) is 0 Å². The first-order valence-corrected chi connectivity index (χ1v) is 5.20. The standard InChI is InChI=1S/C10H18N2/c1-2-8-7-9(8)12-10-5-3-4-6-11-10/h8-9H,2-7H2,1H3,(H,11,12). The first-order chi connectivity index (χ1) is 5.90. The average Bonchev–Trinajstić information content (AvgIpc) is 2.85. The third kappa shape index (κ3) is 1.79. The molecule has 1 saturated carbocycles. The molecule has 68 valence electrons. The highest BCUT2D eigenvalue weighted by Gasteiger charge is 2.35. The molecular formula is C10H18N2. The molecule has 2 atom stereocenters. The molecule has 0 aromatic heterocycles. The van der Waals surface area contributed by atoms with Gasteiger partial charge < -0.3 is 5.32 Å². The largest absolute Gasteiger partial charge is 0.371 e. The van der Waals surface area contributed by atoms with Crippen molar-refractivity contribution in [2.24, 2.45) is 10.9 Å². The Morgan fingerprint density at radius 1 is 1.50 bits per heavy atom. The SMILES string of the molecule is CCC1CC1NC1=NCCCC1. The number of nitrogens with zero attached hydrogens (tertiary/aromatic N) is 1. The Bertz CT molecular complexity index is 186. The van der Waals surface area contributed by atoms with Gasteiger partial charge in [-0.25, -0.2) is 0 Å². The van der Waals surface area contributed by atoms with Gasteiger partial charge in [-0.15, -0.1) is 0 Å². The van der Waals surface area contributed by atoms with Crippen LogP contribution in [0, 0.1) is 5.92 Å². The number of rotatable bonds is 2. The van der Waals surface area contributed by atoms with E-state index < -0.39 is 0 Å². The molecule has 0 aromatic rings. The summed E-state index contributed by atoms with van der Waals surface area (Å²) in [6, 6.07) is 0.770. The van der Waals surface area contributed by atoms with Gasteiger partial charge in [-0.1, -0.05) is 13.3 Å². The molecule has 0 amide bonds. The van der Waals surface area contributed by atoms with Crippen LogP contribution in [0.5, 0.6) is 0 Å². The van der Waals surface area contributed by atoms with E-state index in [9.17, 15) is 0 Å². The fraction of sp³-hybridized carbons (Fsp3) is 0.900. The molecule has 2 aliphatic rings. The Kier molecular flexibility index (Phi) is 2.33. The highest BCUT2D eigenvalue weighted by Crippen LogP contribution is 2.33. The van der Waals surface area contributed by atoms with Gasteiger partial charge in [0.15, 0.2) is 0 Å². The van der Waals surface area contributed by atoms with Crippen molar-refractivity contribution in [3.63, 3.8) is 0 Å². The molecule has 0 spiro atoms. The minimum Gasteiger partial charge on any atom is -0.371 e. The Balaban J connectivity index is 1.76. The van der Waals surface area contributed by atoms with Crippen LogP contribution < -0.4 is 5.32 Å². The van der Waals surface area contributed by atoms with Gasteiger partial charge in [-0.2, -0.15) is 0 Å². The average molecular weight is 166 g/mol. The zero-order valence-electron chi connectivity index (χ0n) is 7.84. The van der Waals surface area contributed by atoms with E-state index in [1.165, 1.54) is 37.9 Å². The fourth-order valence-electron chi connectivity index (χ4n) is 1.90. The maximum atomic E-state index is 4.48. The van der Waals surface area contributed by atoms with Gasteiger partial charge in [0.1, 0.15) is 0 Å². The van der Waals surface area contributed by atoms with Gasteiger partial charge in [-0.05, 0) is 25.2 Å². The minimum absolute atomic E-state index is 0.770.